The molecule has 0 fully saturated rings. The lowest BCUT2D eigenvalue weighted by atomic mass is 9.96. The topological polar surface area (TPSA) is 59.0 Å². The lowest BCUT2D eigenvalue weighted by Gasteiger charge is -2.32. The van der Waals surface area contributed by atoms with Gasteiger partial charge in [-0.05, 0) is 60.2 Å². The maximum atomic E-state index is 14.3. The Morgan fingerprint density at radius 2 is 1.82 bits per heavy atom. The highest BCUT2D eigenvalue weighted by Gasteiger charge is 2.19. The van der Waals surface area contributed by atoms with Crippen LogP contribution in [-0.4, -0.2) is 30.8 Å². The Morgan fingerprint density at radius 1 is 0.970 bits per heavy atom. The van der Waals surface area contributed by atoms with E-state index >= 15 is 0 Å². The van der Waals surface area contributed by atoms with Crippen molar-refractivity contribution in [2.45, 2.75) is 32.3 Å². The number of nitrogens with zero attached hydrogens (tertiary/aromatic N) is 1. The number of aryl methyl sites for hydroxylation is 1. The first kappa shape index (κ1) is 22.6. The summed E-state index contributed by atoms with van der Waals surface area (Å²) in [6, 6.07) is 20.7. The highest BCUT2D eigenvalue weighted by Crippen LogP contribution is 2.31. The van der Waals surface area contributed by atoms with Gasteiger partial charge in [0.05, 0.1) is 6.54 Å². The van der Waals surface area contributed by atoms with Gasteiger partial charge in [-0.1, -0.05) is 36.4 Å². The molecule has 1 N–H and O–H groups in total. The fourth-order valence-corrected chi connectivity index (χ4v) is 4.15. The number of anilines is 1. The van der Waals surface area contributed by atoms with Crippen molar-refractivity contribution < 1.29 is 23.8 Å². The first-order chi connectivity index (χ1) is 16.1. The number of ether oxygens (including phenoxy) is 2. The summed E-state index contributed by atoms with van der Waals surface area (Å²) in [5.41, 5.74) is 3.95. The molecule has 1 heterocycles. The van der Waals surface area contributed by atoms with Gasteiger partial charge in [-0.15, -0.1) is 0 Å². The van der Waals surface area contributed by atoms with E-state index in [2.05, 4.69) is 17.0 Å². The van der Waals surface area contributed by atoms with Gasteiger partial charge in [0, 0.05) is 24.7 Å². The first-order valence-electron chi connectivity index (χ1n) is 11.3. The zero-order chi connectivity index (χ0) is 23.0. The summed E-state index contributed by atoms with van der Waals surface area (Å²) < 4.78 is 26.1. The second-order valence-corrected chi connectivity index (χ2v) is 8.10. The molecule has 0 saturated heterocycles. The molecule has 0 radical (unpaired) electrons. The minimum absolute atomic E-state index is 0.0971. The monoisotopic (exact) mass is 449 g/mol. The van der Waals surface area contributed by atoms with E-state index in [0.717, 1.165) is 37.2 Å². The molecule has 0 bridgehead atoms. The van der Waals surface area contributed by atoms with Crippen molar-refractivity contribution in [1.29, 1.82) is 0 Å². The zero-order valence-corrected chi connectivity index (χ0v) is 18.5. The molecule has 0 saturated carbocycles. The number of halogens is 1. The molecule has 3 aromatic carbocycles. The van der Waals surface area contributed by atoms with Crippen LogP contribution in [0.2, 0.25) is 0 Å². The van der Waals surface area contributed by atoms with E-state index in [0.29, 0.717) is 24.5 Å². The minimum Gasteiger partial charge on any atom is -0.492 e. The fourth-order valence-electron chi connectivity index (χ4n) is 4.15. The molecular weight excluding hydrogens is 421 g/mol. The molecule has 1 aliphatic rings. The molecule has 33 heavy (non-hydrogen) atoms. The van der Waals surface area contributed by atoms with Crippen LogP contribution in [0, 0.1) is 5.82 Å². The lowest BCUT2D eigenvalue weighted by molar-refractivity contribution is -0.136. The van der Waals surface area contributed by atoms with E-state index < -0.39 is 11.8 Å². The van der Waals surface area contributed by atoms with Crippen molar-refractivity contribution in [1.82, 2.24) is 0 Å². The van der Waals surface area contributed by atoms with Gasteiger partial charge in [0.2, 0.25) is 0 Å². The van der Waals surface area contributed by atoms with Crippen LogP contribution in [-0.2, 0) is 24.2 Å². The van der Waals surface area contributed by atoms with E-state index in [1.807, 2.05) is 36.4 Å². The molecule has 3 aromatic rings. The number of fused-ring (bicyclic) bond motifs is 1. The maximum Gasteiger partial charge on any atom is 0.303 e. The second kappa shape index (κ2) is 10.9. The molecule has 0 spiro atoms. The molecule has 1 aliphatic heterocycles. The van der Waals surface area contributed by atoms with Crippen LogP contribution in [0.4, 0.5) is 10.1 Å². The normalized spacial score (nSPS) is 12.8. The predicted octanol–water partition coefficient (Wildman–Crippen LogP) is 5.25. The second-order valence-electron chi connectivity index (χ2n) is 8.10. The predicted molar refractivity (Wildman–Crippen MR) is 126 cm³/mol. The molecule has 0 unspecified atom stereocenters. The van der Waals surface area contributed by atoms with Gasteiger partial charge in [-0.2, -0.15) is 0 Å². The Hall–Kier alpha value is -3.54. The fraction of sp³-hybridized carbons (Fsp3) is 0.296. The van der Waals surface area contributed by atoms with Gasteiger partial charge in [0.25, 0.3) is 0 Å². The van der Waals surface area contributed by atoms with Gasteiger partial charge in [-0.25, -0.2) is 4.39 Å². The number of carbonyl (C=O) groups is 1. The summed E-state index contributed by atoms with van der Waals surface area (Å²) >= 11 is 0. The van der Waals surface area contributed by atoms with Crippen molar-refractivity contribution in [3.8, 4) is 11.5 Å². The van der Waals surface area contributed by atoms with Crippen LogP contribution in [0.15, 0.2) is 66.7 Å². The van der Waals surface area contributed by atoms with Crippen molar-refractivity contribution in [3.05, 3.63) is 89.2 Å². The maximum absolute atomic E-state index is 14.3. The summed E-state index contributed by atoms with van der Waals surface area (Å²) in [6.45, 7) is 2.75. The number of rotatable bonds is 10. The SMILES string of the molecule is O=C(O)CCc1ccc(OCc2cccc3c2CCCN3CCOc2ccccc2)cc1F. The summed E-state index contributed by atoms with van der Waals surface area (Å²) in [6.07, 6.45) is 2.10. The third-order valence-corrected chi connectivity index (χ3v) is 5.84. The lowest BCUT2D eigenvalue weighted by Crippen LogP contribution is -2.33. The van der Waals surface area contributed by atoms with E-state index in [4.69, 9.17) is 14.6 Å². The smallest absolute Gasteiger partial charge is 0.303 e. The average molecular weight is 450 g/mol. The van der Waals surface area contributed by atoms with Crippen LogP contribution in [0.1, 0.15) is 29.5 Å². The van der Waals surface area contributed by atoms with Crippen LogP contribution in [0.25, 0.3) is 0 Å². The molecule has 0 amide bonds. The summed E-state index contributed by atoms with van der Waals surface area (Å²) in [5, 5.41) is 8.79. The molecule has 0 atom stereocenters. The van der Waals surface area contributed by atoms with Gasteiger partial charge in [-0.3, -0.25) is 4.79 Å². The van der Waals surface area contributed by atoms with E-state index in [1.54, 1.807) is 12.1 Å². The van der Waals surface area contributed by atoms with E-state index in [-0.39, 0.29) is 12.8 Å². The summed E-state index contributed by atoms with van der Waals surface area (Å²) in [7, 11) is 0. The molecule has 5 nitrogen and oxygen atoms in total. The van der Waals surface area contributed by atoms with Crippen LogP contribution in [0.3, 0.4) is 0 Å². The van der Waals surface area contributed by atoms with Crippen molar-refractivity contribution in [2.75, 3.05) is 24.6 Å². The minimum atomic E-state index is -0.941. The number of benzene rings is 3. The molecule has 4 rings (SSSR count). The number of carboxylic acid groups (broad SMARTS) is 1. The number of carboxylic acids is 1. The van der Waals surface area contributed by atoms with Crippen molar-refractivity contribution in [2.24, 2.45) is 0 Å². The Morgan fingerprint density at radius 3 is 2.61 bits per heavy atom. The molecular formula is C27H28FNO4. The Bertz CT molecular complexity index is 1090. The Balaban J connectivity index is 1.38. The molecule has 0 aliphatic carbocycles. The standard InChI is InChI=1S/C27H28FNO4/c28-25-18-23(13-11-20(25)12-14-27(30)31)33-19-21-6-4-10-26-24(21)9-5-15-29(26)16-17-32-22-7-2-1-3-8-22/h1-4,6-8,10-11,13,18H,5,9,12,14-17,19H2,(H,30,31). The van der Waals surface area contributed by atoms with Crippen LogP contribution >= 0.6 is 0 Å². The average Bonchev–Trinajstić information content (AvgIpc) is 2.83. The third-order valence-electron chi connectivity index (χ3n) is 5.84. The number of hydrogen-bond acceptors (Lipinski definition) is 4. The zero-order valence-electron chi connectivity index (χ0n) is 18.5. The quantitative estimate of drug-likeness (QED) is 0.458. The van der Waals surface area contributed by atoms with Gasteiger partial charge < -0.3 is 19.5 Å². The van der Waals surface area contributed by atoms with Crippen molar-refractivity contribution >= 4 is 11.7 Å². The van der Waals surface area contributed by atoms with Crippen LogP contribution in [0.5, 0.6) is 11.5 Å². The summed E-state index contributed by atoms with van der Waals surface area (Å²) in [5.74, 6) is -0.0659. The Labute approximate surface area is 193 Å². The molecule has 0 aromatic heterocycles. The molecule has 6 heteroatoms. The first-order valence-corrected chi connectivity index (χ1v) is 11.3. The highest BCUT2D eigenvalue weighted by atomic mass is 19.1. The van der Waals surface area contributed by atoms with Gasteiger partial charge in [0.1, 0.15) is 30.5 Å². The van der Waals surface area contributed by atoms with Crippen LogP contribution < -0.4 is 14.4 Å². The number of para-hydroxylation sites is 1. The number of aliphatic carboxylic acids is 1. The Kier molecular flexibility index (Phi) is 7.45. The van der Waals surface area contributed by atoms with E-state index in [1.165, 1.54) is 17.3 Å². The number of hydrogen-bond donors (Lipinski definition) is 1. The summed E-state index contributed by atoms with van der Waals surface area (Å²) in [4.78, 5) is 13.1. The van der Waals surface area contributed by atoms with Gasteiger partial charge in [0.15, 0.2) is 0 Å². The van der Waals surface area contributed by atoms with Gasteiger partial charge >= 0.3 is 5.97 Å². The van der Waals surface area contributed by atoms with Crippen molar-refractivity contribution in [3.63, 3.8) is 0 Å². The largest absolute Gasteiger partial charge is 0.492 e. The molecule has 172 valence electrons. The third kappa shape index (κ3) is 6.04. The van der Waals surface area contributed by atoms with E-state index in [9.17, 15) is 9.18 Å². The highest BCUT2D eigenvalue weighted by molar-refractivity contribution is 5.67.